The van der Waals surface area contributed by atoms with E-state index in [0.29, 0.717) is 0 Å². The molecule has 2 aromatic rings. The van der Waals surface area contributed by atoms with Gasteiger partial charge in [-0.25, -0.2) is 4.98 Å². The van der Waals surface area contributed by atoms with E-state index in [2.05, 4.69) is 28.5 Å². The quantitative estimate of drug-likeness (QED) is 0.631. The third-order valence-corrected chi connectivity index (χ3v) is 2.90. The molecular formula is C11H13N3S. The molecule has 3 nitrogen and oxygen atoms in total. The normalized spacial score (nSPS) is 11.3. The molecule has 0 saturated heterocycles. The molecular weight excluding hydrogens is 206 g/mol. The molecule has 0 aliphatic carbocycles. The van der Waals surface area contributed by atoms with E-state index in [-0.39, 0.29) is 0 Å². The zero-order chi connectivity index (χ0) is 10.5. The summed E-state index contributed by atoms with van der Waals surface area (Å²) < 4.78 is 1.19. The van der Waals surface area contributed by atoms with Gasteiger partial charge in [0.1, 0.15) is 0 Å². The van der Waals surface area contributed by atoms with Crippen LogP contribution < -0.4 is 5.43 Å². The van der Waals surface area contributed by atoms with Crippen molar-refractivity contribution >= 4 is 32.9 Å². The van der Waals surface area contributed by atoms with Gasteiger partial charge in [-0.15, -0.1) is 0 Å². The molecule has 0 atom stereocenters. The fraction of sp³-hybridized carbons (Fsp3) is 0.273. The Morgan fingerprint density at radius 2 is 2.33 bits per heavy atom. The molecule has 1 aromatic carbocycles. The number of anilines is 1. The molecule has 1 aromatic heterocycles. The first kappa shape index (κ1) is 10.1. The van der Waals surface area contributed by atoms with Gasteiger partial charge in [0.15, 0.2) is 0 Å². The molecule has 0 fully saturated rings. The highest BCUT2D eigenvalue weighted by Crippen LogP contribution is 2.25. The summed E-state index contributed by atoms with van der Waals surface area (Å²) in [5, 5.41) is 4.95. The number of hydrazone groups is 1. The van der Waals surface area contributed by atoms with Crippen LogP contribution in [0.3, 0.4) is 0 Å². The van der Waals surface area contributed by atoms with E-state index in [1.165, 1.54) is 4.70 Å². The number of fused-ring (bicyclic) bond motifs is 1. The maximum Gasteiger partial charge on any atom is 0.204 e. The number of nitrogens with one attached hydrogen (secondary N) is 1. The van der Waals surface area contributed by atoms with Crippen LogP contribution in [0.15, 0.2) is 29.4 Å². The van der Waals surface area contributed by atoms with Crippen molar-refractivity contribution in [2.75, 3.05) is 5.43 Å². The van der Waals surface area contributed by atoms with Gasteiger partial charge in [-0.3, -0.25) is 5.43 Å². The lowest BCUT2D eigenvalue weighted by Gasteiger charge is -1.90. The smallest absolute Gasteiger partial charge is 0.204 e. The highest BCUT2D eigenvalue weighted by molar-refractivity contribution is 7.22. The summed E-state index contributed by atoms with van der Waals surface area (Å²) in [6.45, 7) is 2.13. The maximum atomic E-state index is 4.40. The molecule has 4 heteroatoms. The Bertz CT molecular complexity index is 429. The standard InChI is InChI=1S/C11H13N3S/c1-2-3-8-12-14-11-13-9-6-4-5-7-10(9)15-11/h4-8H,2-3H2,1H3,(H,13,14). The minimum Gasteiger partial charge on any atom is -0.253 e. The summed E-state index contributed by atoms with van der Waals surface area (Å²) in [4.78, 5) is 4.40. The average molecular weight is 219 g/mol. The fourth-order valence-electron chi connectivity index (χ4n) is 1.21. The molecule has 0 bridgehead atoms. The van der Waals surface area contributed by atoms with Crippen LogP contribution in [-0.4, -0.2) is 11.2 Å². The average Bonchev–Trinajstić information content (AvgIpc) is 2.67. The number of para-hydroxylation sites is 1. The van der Waals surface area contributed by atoms with Crippen LogP contribution in [-0.2, 0) is 0 Å². The zero-order valence-corrected chi connectivity index (χ0v) is 9.42. The summed E-state index contributed by atoms with van der Waals surface area (Å²) in [5.74, 6) is 0. The minimum atomic E-state index is 0.851. The Morgan fingerprint density at radius 3 is 3.13 bits per heavy atom. The number of rotatable bonds is 4. The van der Waals surface area contributed by atoms with Crippen LogP contribution in [0.5, 0.6) is 0 Å². The van der Waals surface area contributed by atoms with Crippen molar-refractivity contribution in [2.45, 2.75) is 19.8 Å². The van der Waals surface area contributed by atoms with Crippen molar-refractivity contribution in [3.05, 3.63) is 24.3 Å². The van der Waals surface area contributed by atoms with Crippen LogP contribution in [0.25, 0.3) is 10.2 Å². The van der Waals surface area contributed by atoms with Gasteiger partial charge in [0.05, 0.1) is 10.2 Å². The van der Waals surface area contributed by atoms with Gasteiger partial charge in [-0.05, 0) is 18.6 Å². The Kier molecular flexibility index (Phi) is 3.29. The van der Waals surface area contributed by atoms with Crippen LogP contribution in [0.1, 0.15) is 19.8 Å². The summed E-state index contributed by atoms with van der Waals surface area (Å²) in [6, 6.07) is 8.08. The molecule has 2 rings (SSSR count). The summed E-state index contributed by atoms with van der Waals surface area (Å²) in [6.07, 6.45) is 4.00. The predicted octanol–water partition coefficient (Wildman–Crippen LogP) is 3.49. The van der Waals surface area contributed by atoms with Gasteiger partial charge in [0.2, 0.25) is 5.13 Å². The third kappa shape index (κ3) is 2.53. The third-order valence-electron chi connectivity index (χ3n) is 1.96. The Hall–Kier alpha value is -1.42. The molecule has 0 spiro atoms. The van der Waals surface area contributed by atoms with E-state index in [1.807, 2.05) is 24.4 Å². The molecule has 78 valence electrons. The molecule has 0 saturated carbocycles. The number of hydrogen-bond acceptors (Lipinski definition) is 4. The number of unbranched alkanes of at least 4 members (excludes halogenated alkanes) is 1. The van der Waals surface area contributed by atoms with Crippen molar-refractivity contribution < 1.29 is 0 Å². The van der Waals surface area contributed by atoms with Crippen LogP contribution >= 0.6 is 11.3 Å². The first-order valence-electron chi connectivity index (χ1n) is 5.03. The first-order chi connectivity index (χ1) is 7.40. The monoisotopic (exact) mass is 219 g/mol. The lowest BCUT2D eigenvalue weighted by atomic mass is 10.3. The van der Waals surface area contributed by atoms with Gasteiger partial charge >= 0.3 is 0 Å². The highest BCUT2D eigenvalue weighted by atomic mass is 32.1. The van der Waals surface area contributed by atoms with Gasteiger partial charge in [-0.2, -0.15) is 5.10 Å². The fourth-order valence-corrected chi connectivity index (χ4v) is 2.03. The van der Waals surface area contributed by atoms with E-state index in [1.54, 1.807) is 11.3 Å². The molecule has 1 N–H and O–H groups in total. The summed E-state index contributed by atoms with van der Waals surface area (Å²) >= 11 is 1.62. The second kappa shape index (κ2) is 4.89. The molecule has 1 heterocycles. The van der Waals surface area contributed by atoms with Gasteiger partial charge in [0, 0.05) is 6.21 Å². The number of aromatic nitrogens is 1. The topological polar surface area (TPSA) is 37.3 Å². The second-order valence-corrected chi connectivity index (χ2v) is 4.23. The molecule has 0 unspecified atom stereocenters. The summed E-state index contributed by atoms with van der Waals surface area (Å²) in [7, 11) is 0. The van der Waals surface area contributed by atoms with Crippen LogP contribution in [0.2, 0.25) is 0 Å². The van der Waals surface area contributed by atoms with Crippen molar-refractivity contribution in [1.82, 2.24) is 4.98 Å². The van der Waals surface area contributed by atoms with E-state index < -0.39 is 0 Å². The minimum absolute atomic E-state index is 0.851. The van der Waals surface area contributed by atoms with Crippen LogP contribution in [0.4, 0.5) is 5.13 Å². The SMILES string of the molecule is CCCC=NNc1nc2ccccc2s1. The molecule has 0 aliphatic rings. The first-order valence-corrected chi connectivity index (χ1v) is 5.85. The summed E-state index contributed by atoms with van der Waals surface area (Å²) in [5.41, 5.74) is 3.97. The lowest BCUT2D eigenvalue weighted by Crippen LogP contribution is -1.87. The van der Waals surface area contributed by atoms with E-state index >= 15 is 0 Å². The van der Waals surface area contributed by atoms with Gasteiger partial charge in [-0.1, -0.05) is 36.8 Å². The Morgan fingerprint density at radius 1 is 1.47 bits per heavy atom. The maximum absolute atomic E-state index is 4.40. The molecule has 15 heavy (non-hydrogen) atoms. The lowest BCUT2D eigenvalue weighted by molar-refractivity contribution is 1.00. The largest absolute Gasteiger partial charge is 0.253 e. The highest BCUT2D eigenvalue weighted by Gasteiger charge is 2.00. The predicted molar refractivity (Wildman–Crippen MR) is 66.6 cm³/mol. The van der Waals surface area contributed by atoms with E-state index in [0.717, 1.165) is 23.5 Å². The van der Waals surface area contributed by atoms with Crippen molar-refractivity contribution in [3.8, 4) is 0 Å². The van der Waals surface area contributed by atoms with Crippen molar-refractivity contribution in [1.29, 1.82) is 0 Å². The van der Waals surface area contributed by atoms with Crippen molar-refractivity contribution in [2.24, 2.45) is 5.10 Å². The molecule has 0 radical (unpaired) electrons. The molecule has 0 amide bonds. The number of nitrogens with zero attached hydrogens (tertiary/aromatic N) is 2. The van der Waals surface area contributed by atoms with E-state index in [4.69, 9.17) is 0 Å². The van der Waals surface area contributed by atoms with Gasteiger partial charge in [0.25, 0.3) is 0 Å². The zero-order valence-electron chi connectivity index (χ0n) is 8.60. The van der Waals surface area contributed by atoms with E-state index in [9.17, 15) is 0 Å². The second-order valence-electron chi connectivity index (χ2n) is 3.20. The number of hydrogen-bond donors (Lipinski definition) is 1. The van der Waals surface area contributed by atoms with Crippen molar-refractivity contribution in [3.63, 3.8) is 0 Å². The van der Waals surface area contributed by atoms with Gasteiger partial charge < -0.3 is 0 Å². The number of benzene rings is 1. The van der Waals surface area contributed by atoms with Crippen LogP contribution in [0, 0.1) is 0 Å². The molecule has 0 aliphatic heterocycles. The Balaban J connectivity index is 2.09. The number of thiazole rings is 1. The Labute approximate surface area is 92.8 Å².